The van der Waals surface area contributed by atoms with E-state index in [1.807, 2.05) is 6.07 Å². The number of aliphatic imine (C=N–C) groups is 1. The molecule has 0 aromatic carbocycles. The van der Waals surface area contributed by atoms with E-state index in [2.05, 4.69) is 20.1 Å². The highest BCUT2D eigenvalue weighted by atomic mass is 35.5. The normalized spacial score (nSPS) is 11.5. The summed E-state index contributed by atoms with van der Waals surface area (Å²) >= 11 is 11.3. The van der Waals surface area contributed by atoms with E-state index in [1.165, 1.54) is 13.1 Å². The van der Waals surface area contributed by atoms with E-state index in [0.717, 1.165) is 10.2 Å². The quantitative estimate of drug-likeness (QED) is 0.602. The Balaban J connectivity index is 0.000000162. The van der Waals surface area contributed by atoms with Crippen LogP contribution in [0.5, 0.6) is 0 Å². The number of carbonyl (C=O) groups excluding carboxylic acids is 1. The zero-order chi connectivity index (χ0) is 20.4. The molecule has 0 unspecified atom stereocenters. The van der Waals surface area contributed by atoms with Crippen LogP contribution in [0.3, 0.4) is 0 Å². The van der Waals surface area contributed by atoms with Crippen molar-refractivity contribution in [1.29, 1.82) is 5.26 Å². The number of aromatic carboxylic acids is 1. The summed E-state index contributed by atoms with van der Waals surface area (Å²) in [6, 6.07) is 5.05. The second-order valence-corrected chi connectivity index (χ2v) is 6.33. The highest BCUT2D eigenvalue weighted by Crippen LogP contribution is 2.21. The molecular weight excluding hydrogens is 407 g/mol. The molecule has 1 aliphatic heterocycles. The predicted molar refractivity (Wildman–Crippen MR) is 101 cm³/mol. The third-order valence-corrected chi connectivity index (χ3v) is 4.12. The number of pyridine rings is 2. The van der Waals surface area contributed by atoms with Crippen molar-refractivity contribution >= 4 is 52.2 Å². The van der Waals surface area contributed by atoms with Crippen molar-refractivity contribution < 1.29 is 14.7 Å². The fourth-order valence-electron chi connectivity index (χ4n) is 2.59. The van der Waals surface area contributed by atoms with Gasteiger partial charge < -0.3 is 5.11 Å². The SMILES string of the molecule is CC(=O)n1ncc2cc(Cl)nc(C#N)c21.O=C(O)c1nc(Cl)cc2c1CN=C2. The van der Waals surface area contributed by atoms with Gasteiger partial charge in [-0.25, -0.2) is 14.8 Å². The molecule has 0 spiro atoms. The Morgan fingerprint density at radius 2 is 1.96 bits per heavy atom. The monoisotopic (exact) mass is 416 g/mol. The maximum Gasteiger partial charge on any atom is 0.354 e. The zero-order valence-corrected chi connectivity index (χ0v) is 15.7. The smallest absolute Gasteiger partial charge is 0.354 e. The molecular formula is C17H10Cl2N6O3. The van der Waals surface area contributed by atoms with E-state index >= 15 is 0 Å². The summed E-state index contributed by atoms with van der Waals surface area (Å²) in [6.45, 7) is 1.74. The van der Waals surface area contributed by atoms with Crippen molar-refractivity contribution in [3.05, 3.63) is 51.2 Å². The summed E-state index contributed by atoms with van der Waals surface area (Å²) in [5, 5.41) is 22.5. The van der Waals surface area contributed by atoms with Crippen LogP contribution in [0, 0.1) is 11.3 Å². The minimum absolute atomic E-state index is 0.000000000000000666. The second kappa shape index (κ2) is 7.72. The summed E-state index contributed by atoms with van der Waals surface area (Å²) in [5.74, 6) is -1.34. The van der Waals surface area contributed by atoms with Crippen LogP contribution in [-0.4, -0.2) is 42.9 Å². The van der Waals surface area contributed by atoms with E-state index in [4.69, 9.17) is 33.6 Å². The highest BCUT2D eigenvalue weighted by molar-refractivity contribution is 6.30. The first-order valence-corrected chi connectivity index (χ1v) is 8.45. The van der Waals surface area contributed by atoms with Crippen LogP contribution >= 0.6 is 23.2 Å². The highest BCUT2D eigenvalue weighted by Gasteiger charge is 2.19. The maximum absolute atomic E-state index is 11.2. The predicted octanol–water partition coefficient (Wildman–Crippen LogP) is 2.98. The largest absolute Gasteiger partial charge is 0.476 e. The summed E-state index contributed by atoms with van der Waals surface area (Å²) in [6.07, 6.45) is 3.08. The Bertz CT molecular complexity index is 1200. The first-order chi connectivity index (χ1) is 13.3. The van der Waals surface area contributed by atoms with Crippen molar-refractivity contribution in [2.24, 2.45) is 4.99 Å². The van der Waals surface area contributed by atoms with Crippen molar-refractivity contribution in [2.45, 2.75) is 13.5 Å². The van der Waals surface area contributed by atoms with Crippen molar-refractivity contribution in [3.8, 4) is 6.07 Å². The van der Waals surface area contributed by atoms with Gasteiger partial charge in [-0.05, 0) is 12.1 Å². The molecule has 0 aliphatic carbocycles. The molecule has 140 valence electrons. The van der Waals surface area contributed by atoms with Crippen LogP contribution in [0.2, 0.25) is 10.3 Å². The summed E-state index contributed by atoms with van der Waals surface area (Å²) < 4.78 is 1.14. The molecule has 3 aromatic rings. The molecule has 0 radical (unpaired) electrons. The van der Waals surface area contributed by atoms with Gasteiger partial charge in [-0.3, -0.25) is 9.79 Å². The average molecular weight is 417 g/mol. The number of carboxylic acid groups (broad SMARTS) is 1. The zero-order valence-electron chi connectivity index (χ0n) is 14.2. The summed E-state index contributed by atoms with van der Waals surface area (Å²) in [5.41, 5.74) is 1.88. The average Bonchev–Trinajstić information content (AvgIpc) is 3.27. The minimum atomic E-state index is -1.07. The van der Waals surface area contributed by atoms with Gasteiger partial charge in [0.2, 0.25) is 5.91 Å². The standard InChI is InChI=1S/C9H5ClN4O.C8H5ClN2O2/c1-5(15)14-9-6(4-12-14)2-8(10)13-7(9)3-11;9-6-1-4-2-10-3-5(4)7(11-6)8(12)13/h2,4H,1H3;1-2H,3H2,(H,12,13). The minimum Gasteiger partial charge on any atom is -0.476 e. The molecule has 1 N–H and O–H groups in total. The van der Waals surface area contributed by atoms with Gasteiger partial charge in [0, 0.05) is 29.7 Å². The molecule has 9 nitrogen and oxygen atoms in total. The van der Waals surface area contributed by atoms with Gasteiger partial charge in [0.1, 0.15) is 21.9 Å². The molecule has 0 amide bonds. The second-order valence-electron chi connectivity index (χ2n) is 5.55. The number of hydrogen-bond donors (Lipinski definition) is 1. The molecule has 0 saturated carbocycles. The van der Waals surface area contributed by atoms with Crippen molar-refractivity contribution in [2.75, 3.05) is 0 Å². The fraction of sp³-hybridized carbons (Fsp3) is 0.118. The van der Waals surface area contributed by atoms with E-state index in [1.54, 1.807) is 18.3 Å². The van der Waals surface area contributed by atoms with Gasteiger partial charge in [0.25, 0.3) is 0 Å². The number of nitriles is 1. The molecule has 0 bridgehead atoms. The van der Waals surface area contributed by atoms with Crippen LogP contribution < -0.4 is 0 Å². The third-order valence-electron chi connectivity index (χ3n) is 3.73. The number of halogens is 2. The van der Waals surface area contributed by atoms with Gasteiger partial charge in [0.15, 0.2) is 11.4 Å². The van der Waals surface area contributed by atoms with Crippen molar-refractivity contribution in [1.82, 2.24) is 19.7 Å². The topological polar surface area (TPSA) is 134 Å². The summed E-state index contributed by atoms with van der Waals surface area (Å²) in [4.78, 5) is 33.4. The number of carboxylic acids is 1. The van der Waals surface area contributed by atoms with Gasteiger partial charge in [-0.2, -0.15) is 15.0 Å². The Labute approximate surface area is 167 Å². The number of aromatic nitrogens is 4. The number of rotatable bonds is 1. The first-order valence-electron chi connectivity index (χ1n) is 7.69. The molecule has 28 heavy (non-hydrogen) atoms. The fourth-order valence-corrected chi connectivity index (χ4v) is 3.00. The lowest BCUT2D eigenvalue weighted by Gasteiger charge is -2.02. The Kier molecular flexibility index (Phi) is 5.35. The Hall–Kier alpha value is -3.35. The van der Waals surface area contributed by atoms with Gasteiger partial charge >= 0.3 is 5.97 Å². The Morgan fingerprint density at radius 1 is 1.25 bits per heavy atom. The lowest BCUT2D eigenvalue weighted by molar-refractivity contribution is 0.0689. The van der Waals surface area contributed by atoms with Crippen LogP contribution in [0.1, 0.15) is 39.0 Å². The molecule has 0 atom stereocenters. The van der Waals surface area contributed by atoms with Crippen LogP contribution in [0.15, 0.2) is 23.3 Å². The molecule has 0 fully saturated rings. The van der Waals surface area contributed by atoms with Gasteiger partial charge in [-0.1, -0.05) is 23.2 Å². The van der Waals surface area contributed by atoms with Gasteiger partial charge in [-0.15, -0.1) is 0 Å². The molecule has 0 saturated heterocycles. The maximum atomic E-state index is 11.2. The van der Waals surface area contributed by atoms with Gasteiger partial charge in [0.05, 0.1) is 12.7 Å². The first kappa shape index (κ1) is 19.4. The molecule has 4 rings (SSSR count). The third kappa shape index (κ3) is 3.69. The number of carbonyl (C=O) groups is 2. The lowest BCUT2D eigenvalue weighted by atomic mass is 10.1. The molecule has 3 aromatic heterocycles. The number of nitrogens with zero attached hydrogens (tertiary/aromatic N) is 6. The number of fused-ring (bicyclic) bond motifs is 2. The van der Waals surface area contributed by atoms with E-state index < -0.39 is 5.97 Å². The lowest BCUT2D eigenvalue weighted by Crippen LogP contribution is -2.08. The van der Waals surface area contributed by atoms with E-state index in [9.17, 15) is 9.59 Å². The van der Waals surface area contributed by atoms with Crippen molar-refractivity contribution in [3.63, 3.8) is 0 Å². The molecule has 1 aliphatic rings. The summed E-state index contributed by atoms with van der Waals surface area (Å²) in [7, 11) is 0. The Morgan fingerprint density at radius 3 is 2.61 bits per heavy atom. The van der Waals surface area contributed by atoms with Crippen LogP contribution in [0.25, 0.3) is 10.9 Å². The van der Waals surface area contributed by atoms with E-state index in [-0.39, 0.29) is 27.6 Å². The molecule has 4 heterocycles. The van der Waals surface area contributed by atoms with Crippen LogP contribution in [-0.2, 0) is 6.54 Å². The van der Waals surface area contributed by atoms with Crippen LogP contribution in [0.4, 0.5) is 0 Å². The molecule has 11 heteroatoms. The van der Waals surface area contributed by atoms with E-state index in [0.29, 0.717) is 23.0 Å². The number of hydrogen-bond acceptors (Lipinski definition) is 7.